The number of alkyl halides is 3. The third-order valence-corrected chi connectivity index (χ3v) is 7.09. The lowest BCUT2D eigenvalue weighted by Crippen LogP contribution is -2.37. The smallest absolute Gasteiger partial charge is 0.416 e. The summed E-state index contributed by atoms with van der Waals surface area (Å²) in [6, 6.07) is 9.55. The van der Waals surface area contributed by atoms with Gasteiger partial charge in [-0.1, -0.05) is 13.0 Å². The molecular weight excluding hydrogens is 561 g/mol. The van der Waals surface area contributed by atoms with Crippen LogP contribution in [0.3, 0.4) is 0 Å². The van der Waals surface area contributed by atoms with Crippen molar-refractivity contribution in [1.82, 2.24) is 19.8 Å². The minimum absolute atomic E-state index is 0.0128. The van der Waals surface area contributed by atoms with Gasteiger partial charge >= 0.3 is 6.18 Å². The van der Waals surface area contributed by atoms with Crippen molar-refractivity contribution in [3.63, 3.8) is 0 Å². The highest BCUT2D eigenvalue weighted by molar-refractivity contribution is 6.05. The van der Waals surface area contributed by atoms with Crippen LogP contribution in [0, 0.1) is 0 Å². The second-order valence-corrected chi connectivity index (χ2v) is 9.80. The molecule has 1 amide bonds. The summed E-state index contributed by atoms with van der Waals surface area (Å²) in [5.74, 6) is 1.24. The first kappa shape index (κ1) is 31.3. The molecule has 0 radical (unpaired) electrons. The standard InChI is InChI=1S/C30H35F3N8O2/c1-5-40-12-7-10-24(40)19-37-26(34-2)18-27(35-3)41-13-11-36-29(41)39-23-14-20(15-25(17-23)43-4)28(42)38-22-9-6-8-21(16-22)30(31,32)33/h6,8-9,11,13-18,24,37H,2,5,7,10,12,19H2,1,3-4H3,(H,36,39)(H,38,42)/b26-18+,35-27+. The van der Waals surface area contributed by atoms with Crippen molar-refractivity contribution in [1.29, 1.82) is 0 Å². The first-order valence-corrected chi connectivity index (χ1v) is 13.8. The van der Waals surface area contributed by atoms with E-state index < -0.39 is 17.6 Å². The molecule has 3 aromatic rings. The van der Waals surface area contributed by atoms with E-state index in [9.17, 15) is 18.0 Å². The van der Waals surface area contributed by atoms with E-state index >= 15 is 0 Å². The van der Waals surface area contributed by atoms with Crippen molar-refractivity contribution in [3.8, 4) is 5.75 Å². The van der Waals surface area contributed by atoms with Crippen molar-refractivity contribution in [2.45, 2.75) is 32.0 Å². The summed E-state index contributed by atoms with van der Waals surface area (Å²) < 4.78 is 46.5. The summed E-state index contributed by atoms with van der Waals surface area (Å²) in [6.07, 6.45) is 2.84. The van der Waals surface area contributed by atoms with Gasteiger partial charge < -0.3 is 20.7 Å². The predicted octanol–water partition coefficient (Wildman–Crippen LogP) is 5.40. The van der Waals surface area contributed by atoms with Crippen molar-refractivity contribution in [3.05, 3.63) is 77.9 Å². The molecule has 0 spiro atoms. The number of anilines is 3. The average Bonchev–Trinajstić information content (AvgIpc) is 3.66. The Kier molecular flexibility index (Phi) is 10.2. The normalized spacial score (nSPS) is 16.2. The number of hydrogen-bond acceptors (Lipinski definition) is 8. The van der Waals surface area contributed by atoms with Crippen molar-refractivity contribution in [2.24, 2.45) is 9.98 Å². The number of likely N-dealkylation sites (tertiary alicyclic amines) is 1. The number of hydrogen-bond donors (Lipinski definition) is 3. The van der Waals surface area contributed by atoms with Gasteiger partial charge in [0.05, 0.1) is 12.7 Å². The third-order valence-electron chi connectivity index (χ3n) is 7.09. The zero-order chi connectivity index (χ0) is 31.0. The molecule has 1 saturated heterocycles. The molecule has 10 nitrogen and oxygen atoms in total. The summed E-state index contributed by atoms with van der Waals surface area (Å²) in [7, 11) is 3.09. The van der Waals surface area contributed by atoms with E-state index in [1.54, 1.807) is 42.2 Å². The molecule has 13 heteroatoms. The van der Waals surface area contributed by atoms with Gasteiger partial charge in [0.15, 0.2) is 0 Å². The number of aliphatic imine (C=N–C) groups is 2. The Labute approximate surface area is 248 Å². The molecule has 2 aromatic carbocycles. The van der Waals surface area contributed by atoms with Gasteiger partial charge in [0.2, 0.25) is 5.95 Å². The highest BCUT2D eigenvalue weighted by atomic mass is 19.4. The first-order chi connectivity index (χ1) is 20.6. The zero-order valence-electron chi connectivity index (χ0n) is 24.3. The lowest BCUT2D eigenvalue weighted by Gasteiger charge is -2.23. The van der Waals surface area contributed by atoms with E-state index in [2.05, 4.69) is 49.5 Å². The van der Waals surface area contributed by atoms with Crippen molar-refractivity contribution in [2.75, 3.05) is 44.4 Å². The van der Waals surface area contributed by atoms with Crippen LogP contribution in [0.2, 0.25) is 0 Å². The largest absolute Gasteiger partial charge is 0.497 e. The molecule has 1 atom stereocenters. The number of halogens is 3. The van der Waals surface area contributed by atoms with E-state index in [-0.39, 0.29) is 11.3 Å². The number of nitrogens with zero attached hydrogens (tertiary/aromatic N) is 5. The Bertz CT molecular complexity index is 1500. The fourth-order valence-electron chi connectivity index (χ4n) is 4.89. The van der Waals surface area contributed by atoms with Crippen LogP contribution in [0.4, 0.5) is 30.5 Å². The SMILES string of the molecule is C=N/C(=C\C(=N/C)n1ccnc1Nc1cc(OC)cc(C(=O)Nc2cccc(C(F)(F)F)c2)c1)NCC1CCCN1CC. The van der Waals surface area contributed by atoms with E-state index in [1.807, 2.05) is 0 Å². The number of nitrogens with one attached hydrogen (secondary N) is 3. The minimum atomic E-state index is -4.53. The second-order valence-electron chi connectivity index (χ2n) is 9.80. The fraction of sp³-hybridized carbons (Fsp3) is 0.333. The molecule has 1 aliphatic rings. The number of amides is 1. The Balaban J connectivity index is 1.52. The van der Waals surface area contributed by atoms with E-state index in [4.69, 9.17) is 4.74 Å². The van der Waals surface area contributed by atoms with Gasteiger partial charge in [0.25, 0.3) is 5.91 Å². The number of likely N-dealkylation sites (N-methyl/N-ethyl adjacent to an activating group) is 1. The molecule has 228 valence electrons. The van der Waals surface area contributed by atoms with Gasteiger partial charge in [-0.05, 0) is 63.0 Å². The fourth-order valence-corrected chi connectivity index (χ4v) is 4.89. The minimum Gasteiger partial charge on any atom is -0.497 e. The van der Waals surface area contributed by atoms with Crippen molar-refractivity contribution >= 4 is 35.8 Å². The summed E-state index contributed by atoms with van der Waals surface area (Å²) in [5.41, 5.74) is -0.226. The number of allylic oxidation sites excluding steroid dienone is 1. The molecule has 1 aromatic heterocycles. The van der Waals surface area contributed by atoms with Gasteiger partial charge in [-0.2, -0.15) is 13.2 Å². The van der Waals surface area contributed by atoms with Gasteiger partial charge in [-0.25, -0.2) is 9.98 Å². The number of benzene rings is 2. The number of rotatable bonds is 11. The molecule has 2 heterocycles. The van der Waals surface area contributed by atoms with Crippen LogP contribution in [0.1, 0.15) is 35.7 Å². The maximum Gasteiger partial charge on any atom is 0.416 e. The molecule has 1 fully saturated rings. The number of methoxy groups -OCH3 is 1. The molecule has 1 unspecified atom stereocenters. The topological polar surface area (TPSA) is 108 Å². The summed E-state index contributed by atoms with van der Waals surface area (Å²) in [4.78, 5) is 28.4. The van der Waals surface area contributed by atoms with Crippen LogP contribution in [0.15, 0.2) is 76.7 Å². The van der Waals surface area contributed by atoms with E-state index in [0.29, 0.717) is 35.1 Å². The van der Waals surface area contributed by atoms with Crippen LogP contribution in [0.25, 0.3) is 0 Å². The number of aromatic nitrogens is 2. The lowest BCUT2D eigenvalue weighted by atomic mass is 10.1. The Hall–Kier alpha value is -4.65. The predicted molar refractivity (Wildman–Crippen MR) is 163 cm³/mol. The molecule has 43 heavy (non-hydrogen) atoms. The summed E-state index contributed by atoms with van der Waals surface area (Å²) in [6.45, 7) is 8.68. The van der Waals surface area contributed by atoms with Crippen LogP contribution in [-0.2, 0) is 6.18 Å². The monoisotopic (exact) mass is 596 g/mol. The number of ether oxygens (including phenoxy) is 1. The summed E-state index contributed by atoms with van der Waals surface area (Å²) >= 11 is 0. The average molecular weight is 597 g/mol. The number of imidazole rings is 1. The maximum absolute atomic E-state index is 13.1. The number of carbonyl (C=O) groups is 1. The quantitative estimate of drug-likeness (QED) is 0.202. The van der Waals surface area contributed by atoms with Crippen LogP contribution < -0.4 is 20.7 Å². The van der Waals surface area contributed by atoms with Gasteiger partial charge in [0, 0.05) is 61.1 Å². The summed E-state index contributed by atoms with van der Waals surface area (Å²) in [5, 5.41) is 9.06. The van der Waals surface area contributed by atoms with Crippen LogP contribution >= 0.6 is 0 Å². The van der Waals surface area contributed by atoms with Gasteiger partial charge in [0.1, 0.15) is 17.4 Å². The highest BCUT2D eigenvalue weighted by Crippen LogP contribution is 2.31. The molecule has 1 aliphatic heterocycles. The molecule has 0 saturated carbocycles. The van der Waals surface area contributed by atoms with E-state index in [0.717, 1.165) is 38.2 Å². The molecule has 3 N–H and O–H groups in total. The van der Waals surface area contributed by atoms with Crippen LogP contribution in [0.5, 0.6) is 5.75 Å². The lowest BCUT2D eigenvalue weighted by molar-refractivity contribution is -0.137. The highest BCUT2D eigenvalue weighted by Gasteiger charge is 2.30. The van der Waals surface area contributed by atoms with Crippen LogP contribution in [-0.4, -0.2) is 72.7 Å². The zero-order valence-corrected chi connectivity index (χ0v) is 24.3. The number of carbonyl (C=O) groups excluding carboxylic acids is 1. The second kappa shape index (κ2) is 14.0. The Morgan fingerprint density at radius 2 is 2.05 bits per heavy atom. The maximum atomic E-state index is 13.1. The van der Waals surface area contributed by atoms with Gasteiger partial charge in [-0.15, -0.1) is 0 Å². The third kappa shape index (κ3) is 8.01. The Morgan fingerprint density at radius 3 is 2.74 bits per heavy atom. The van der Waals surface area contributed by atoms with E-state index in [1.165, 1.54) is 31.7 Å². The Morgan fingerprint density at radius 1 is 1.23 bits per heavy atom. The molecular formula is C30H35F3N8O2. The molecule has 0 aliphatic carbocycles. The first-order valence-electron chi connectivity index (χ1n) is 13.8. The molecule has 4 rings (SSSR count). The molecule has 0 bridgehead atoms. The van der Waals surface area contributed by atoms with Crippen molar-refractivity contribution < 1.29 is 22.7 Å². The van der Waals surface area contributed by atoms with Gasteiger partial charge in [-0.3, -0.25) is 19.3 Å².